The Morgan fingerprint density at radius 1 is 0.950 bits per heavy atom. The highest BCUT2D eigenvalue weighted by atomic mass is 32.2. The fraction of sp³-hybridized carbons (Fsp3) is 0.125. The van der Waals surface area contributed by atoms with Gasteiger partial charge in [0.15, 0.2) is 9.58 Å². The maximum atomic E-state index is 12.7. The molecule has 3 rings (SSSR count). The maximum Gasteiger partial charge on any atom is 0.184 e. The van der Waals surface area contributed by atoms with Crippen molar-refractivity contribution in [3.05, 3.63) is 48.5 Å². The summed E-state index contributed by atoms with van der Waals surface area (Å²) in [6.45, 7) is 0. The van der Waals surface area contributed by atoms with Gasteiger partial charge in [-0.3, -0.25) is 0 Å². The van der Waals surface area contributed by atoms with Crippen molar-refractivity contribution >= 4 is 20.8 Å². The molecule has 20 heavy (non-hydrogen) atoms. The second-order valence-corrected chi connectivity index (χ2v) is 5.80. The molecule has 1 unspecified atom stereocenters. The van der Waals surface area contributed by atoms with E-state index >= 15 is 0 Å². The van der Waals surface area contributed by atoms with E-state index in [4.69, 9.17) is 9.47 Å². The minimum atomic E-state index is -1.21. The Balaban J connectivity index is 2.24. The molecule has 0 aliphatic heterocycles. The Morgan fingerprint density at radius 2 is 1.75 bits per heavy atom. The number of hydrogen-bond donors (Lipinski definition) is 0. The molecule has 0 spiro atoms. The molecule has 1 heterocycles. The molecule has 4 heteroatoms. The average molecular weight is 286 g/mol. The summed E-state index contributed by atoms with van der Waals surface area (Å²) in [6, 6.07) is 15.2. The highest BCUT2D eigenvalue weighted by Gasteiger charge is 2.19. The van der Waals surface area contributed by atoms with Crippen molar-refractivity contribution in [3.8, 4) is 21.9 Å². The smallest absolute Gasteiger partial charge is 0.184 e. The van der Waals surface area contributed by atoms with Crippen molar-refractivity contribution in [3.63, 3.8) is 0 Å². The minimum Gasteiger partial charge on any atom is -0.590 e. The molecule has 3 nitrogen and oxygen atoms in total. The fourth-order valence-electron chi connectivity index (χ4n) is 2.26. The van der Waals surface area contributed by atoms with Crippen LogP contribution in [-0.2, 0) is 0 Å². The van der Waals surface area contributed by atoms with E-state index in [1.165, 1.54) is 0 Å². The van der Waals surface area contributed by atoms with Gasteiger partial charge in [0, 0.05) is 17.5 Å². The molecule has 0 aliphatic rings. The molecule has 3 aromatic rings. The lowest BCUT2D eigenvalue weighted by atomic mass is 10.1. The summed E-state index contributed by atoms with van der Waals surface area (Å²) >= 11 is 0. The first-order valence-electron chi connectivity index (χ1n) is 6.19. The van der Waals surface area contributed by atoms with Crippen LogP contribution in [0.5, 0.6) is 11.5 Å². The molecule has 1 atom stereocenters. The molecule has 0 bridgehead atoms. The van der Waals surface area contributed by atoms with E-state index in [1.807, 2.05) is 48.5 Å². The summed E-state index contributed by atoms with van der Waals surface area (Å²) in [6.07, 6.45) is 0. The zero-order chi connectivity index (χ0) is 14.1. The summed E-state index contributed by atoms with van der Waals surface area (Å²) in [5.74, 6) is 1.44. The predicted molar refractivity (Wildman–Crippen MR) is 81.1 cm³/mol. The van der Waals surface area contributed by atoms with Crippen LogP contribution in [0.4, 0.5) is 0 Å². The summed E-state index contributed by atoms with van der Waals surface area (Å²) in [4.78, 5) is 0.769. The van der Waals surface area contributed by atoms with Crippen LogP contribution < -0.4 is 9.47 Å². The molecule has 0 fully saturated rings. The largest absolute Gasteiger partial charge is 0.590 e. The van der Waals surface area contributed by atoms with E-state index < -0.39 is 10.8 Å². The van der Waals surface area contributed by atoms with Gasteiger partial charge in [-0.2, -0.15) is 0 Å². The van der Waals surface area contributed by atoms with Gasteiger partial charge in [-0.25, -0.2) is 0 Å². The first-order valence-corrected chi connectivity index (χ1v) is 7.34. The fourth-order valence-corrected chi connectivity index (χ4v) is 3.66. The van der Waals surface area contributed by atoms with E-state index in [1.54, 1.807) is 14.2 Å². The normalized spacial score (nSPS) is 11.7. The Hall–Kier alpha value is -2.04. The van der Waals surface area contributed by atoms with Crippen LogP contribution in [0.1, 0.15) is 0 Å². The molecule has 0 saturated carbocycles. The van der Waals surface area contributed by atoms with Crippen LogP contribution in [0, 0.1) is 0 Å². The predicted octanol–water partition coefficient (Wildman–Crippen LogP) is 4.25. The Morgan fingerprint density at radius 3 is 2.50 bits per heavy atom. The van der Waals surface area contributed by atoms with Gasteiger partial charge in [0.05, 0.1) is 19.8 Å². The Kier molecular flexibility index (Phi) is 3.34. The van der Waals surface area contributed by atoms with Crippen LogP contribution in [-0.4, -0.2) is 18.8 Å². The highest BCUT2D eigenvalue weighted by molar-refractivity contribution is 7.34. The van der Waals surface area contributed by atoms with Gasteiger partial charge < -0.3 is 14.0 Å². The van der Waals surface area contributed by atoms with Gasteiger partial charge in [0.2, 0.25) is 0 Å². The molecule has 1 aromatic heterocycles. The second kappa shape index (κ2) is 5.15. The summed E-state index contributed by atoms with van der Waals surface area (Å²) in [5, 5.41) is 0.963. The number of benzene rings is 2. The molecule has 0 saturated heterocycles. The van der Waals surface area contributed by atoms with E-state index in [9.17, 15) is 4.55 Å². The first-order chi connectivity index (χ1) is 9.74. The third kappa shape index (κ3) is 2.03. The number of fused-ring (bicyclic) bond motifs is 1. The van der Waals surface area contributed by atoms with Gasteiger partial charge in [-0.1, -0.05) is 12.1 Å². The summed E-state index contributed by atoms with van der Waals surface area (Å²) in [5.41, 5.74) is 0.864. The number of rotatable bonds is 3. The van der Waals surface area contributed by atoms with Crippen molar-refractivity contribution in [2.75, 3.05) is 14.2 Å². The Bertz CT molecular complexity index is 762. The van der Waals surface area contributed by atoms with Crippen LogP contribution in [0.15, 0.2) is 48.5 Å². The van der Waals surface area contributed by atoms with E-state index in [-0.39, 0.29) is 0 Å². The average Bonchev–Trinajstić information content (AvgIpc) is 2.83. The molecular weight excluding hydrogens is 272 g/mol. The van der Waals surface area contributed by atoms with Crippen molar-refractivity contribution in [2.24, 2.45) is 0 Å². The number of ether oxygens (including phenoxy) is 2. The Labute approximate surface area is 120 Å². The van der Waals surface area contributed by atoms with Crippen molar-refractivity contribution in [2.45, 2.75) is 0 Å². The van der Waals surface area contributed by atoms with E-state index in [2.05, 4.69) is 0 Å². The van der Waals surface area contributed by atoms with Crippen LogP contribution in [0.25, 0.3) is 20.5 Å². The van der Waals surface area contributed by atoms with E-state index in [0.29, 0.717) is 5.75 Å². The zero-order valence-corrected chi connectivity index (χ0v) is 12.1. The lowest BCUT2D eigenvalue weighted by Gasteiger charge is -2.05. The molecule has 0 radical (unpaired) electrons. The number of hydrogen-bond acceptors (Lipinski definition) is 3. The first kappa shape index (κ1) is 13.0. The third-order valence-corrected chi connectivity index (χ3v) is 4.77. The van der Waals surface area contributed by atoms with Gasteiger partial charge in [-0.15, -0.1) is 0 Å². The van der Waals surface area contributed by atoms with Gasteiger partial charge >= 0.3 is 0 Å². The summed E-state index contributed by atoms with van der Waals surface area (Å²) in [7, 11) is 2.01. The van der Waals surface area contributed by atoms with Crippen molar-refractivity contribution in [1.29, 1.82) is 0 Å². The SMILES string of the molecule is COc1ccc2cc(-c3ccccc3OC)[s+]([O-])c2c1. The number of thiophene rings is 1. The lowest BCUT2D eigenvalue weighted by molar-refractivity contribution is 0.415. The minimum absolute atomic E-state index is 0.715. The monoisotopic (exact) mass is 286 g/mol. The van der Waals surface area contributed by atoms with Crippen LogP contribution in [0.2, 0.25) is 0 Å². The molecule has 0 N–H and O–H groups in total. The molecule has 0 amide bonds. The van der Waals surface area contributed by atoms with Crippen LogP contribution in [0.3, 0.4) is 0 Å². The van der Waals surface area contributed by atoms with Gasteiger partial charge in [0.1, 0.15) is 11.5 Å². The third-order valence-electron chi connectivity index (χ3n) is 3.28. The standard InChI is InChI=1S/C16H14O3S/c1-18-12-8-7-11-9-16(20(17)15(11)10-12)13-5-3-4-6-14(13)19-2/h3-10H,1-2H3. The maximum absolute atomic E-state index is 12.7. The van der Waals surface area contributed by atoms with Crippen molar-refractivity contribution < 1.29 is 14.0 Å². The van der Waals surface area contributed by atoms with Crippen LogP contribution >= 0.6 is 10.8 Å². The van der Waals surface area contributed by atoms with Gasteiger partial charge in [-0.05, 0) is 35.0 Å². The van der Waals surface area contributed by atoms with E-state index in [0.717, 1.165) is 26.3 Å². The molecular formula is C16H14O3S. The topological polar surface area (TPSA) is 41.5 Å². The number of para-hydroxylation sites is 1. The highest BCUT2D eigenvalue weighted by Crippen LogP contribution is 2.44. The van der Waals surface area contributed by atoms with Crippen molar-refractivity contribution in [1.82, 2.24) is 0 Å². The number of methoxy groups -OCH3 is 2. The zero-order valence-electron chi connectivity index (χ0n) is 11.3. The molecule has 102 valence electrons. The van der Waals surface area contributed by atoms with Gasteiger partial charge in [0.25, 0.3) is 0 Å². The lowest BCUT2D eigenvalue weighted by Crippen LogP contribution is -1.85. The molecule has 0 aliphatic carbocycles. The second-order valence-electron chi connectivity index (χ2n) is 4.38. The molecule has 2 aromatic carbocycles. The quantitative estimate of drug-likeness (QED) is 0.676. The summed E-state index contributed by atoms with van der Waals surface area (Å²) < 4.78 is 24.0.